The topological polar surface area (TPSA) is 71.2 Å². The van der Waals surface area contributed by atoms with Gasteiger partial charge >= 0.3 is 0 Å². The highest BCUT2D eigenvalue weighted by atomic mass is 32.1. The Morgan fingerprint density at radius 2 is 2.15 bits per heavy atom. The van der Waals surface area contributed by atoms with Crippen LogP contribution in [0.5, 0.6) is 0 Å². The van der Waals surface area contributed by atoms with E-state index in [9.17, 15) is 5.11 Å². The Balaban J connectivity index is 1.73. The van der Waals surface area contributed by atoms with E-state index in [0.29, 0.717) is 6.54 Å². The van der Waals surface area contributed by atoms with E-state index in [-0.39, 0.29) is 0 Å². The highest BCUT2D eigenvalue weighted by Gasteiger charge is 2.08. The zero-order valence-corrected chi connectivity index (χ0v) is 11.6. The predicted molar refractivity (Wildman–Crippen MR) is 83.9 cm³/mol. The monoisotopic (exact) mass is 285 g/mol. The number of aromatic nitrogens is 1. The van der Waals surface area contributed by atoms with Gasteiger partial charge in [0.05, 0.1) is 11.6 Å². The number of aliphatic hydroxyl groups is 1. The number of nitrogens with zero attached hydrogens (tertiary/aromatic N) is 1. The van der Waals surface area contributed by atoms with Crippen LogP contribution >= 0.6 is 11.3 Å². The van der Waals surface area contributed by atoms with E-state index in [1.165, 1.54) is 0 Å². The fourth-order valence-corrected chi connectivity index (χ4v) is 2.73. The van der Waals surface area contributed by atoms with Gasteiger partial charge in [0.25, 0.3) is 0 Å². The van der Waals surface area contributed by atoms with Gasteiger partial charge in [0, 0.05) is 17.6 Å². The van der Waals surface area contributed by atoms with Crippen molar-refractivity contribution in [2.45, 2.75) is 6.10 Å². The minimum absolute atomic E-state index is 0.435. The molecule has 1 unspecified atom stereocenters. The number of aliphatic hydroxyl groups excluding tert-OH is 1. The number of benzene rings is 1. The second-order valence-corrected chi connectivity index (χ2v) is 5.38. The number of rotatable bonds is 4. The summed E-state index contributed by atoms with van der Waals surface area (Å²) in [7, 11) is 0. The smallest absolute Gasteiger partial charge is 0.126 e. The molecule has 0 amide bonds. The number of fused-ring (bicyclic) bond motifs is 1. The Morgan fingerprint density at radius 3 is 2.95 bits per heavy atom. The molecule has 20 heavy (non-hydrogen) atoms. The number of nitrogen functional groups attached to an aromatic ring is 1. The van der Waals surface area contributed by atoms with E-state index in [0.717, 1.165) is 28.0 Å². The van der Waals surface area contributed by atoms with Crippen molar-refractivity contribution in [3.8, 4) is 0 Å². The van der Waals surface area contributed by atoms with Gasteiger partial charge in [-0.15, -0.1) is 0 Å². The fourth-order valence-electron chi connectivity index (χ4n) is 2.03. The molecule has 0 aliphatic heterocycles. The maximum absolute atomic E-state index is 10.0. The largest absolute Gasteiger partial charge is 0.399 e. The van der Waals surface area contributed by atoms with Gasteiger partial charge in [0.15, 0.2) is 0 Å². The standard InChI is InChI=1S/C15H15N3OS/c16-12-2-3-13-10(7-12)1-4-15(18-13)17-8-14(19)11-5-6-20-9-11/h1-7,9,14,19H,8,16H2,(H,17,18). The summed E-state index contributed by atoms with van der Waals surface area (Å²) in [5.74, 6) is 0.747. The average molecular weight is 285 g/mol. The molecule has 0 saturated carbocycles. The van der Waals surface area contributed by atoms with Crippen molar-refractivity contribution in [2.24, 2.45) is 0 Å². The molecule has 0 aliphatic rings. The fraction of sp³-hybridized carbons (Fsp3) is 0.133. The Hall–Kier alpha value is -2.11. The molecule has 3 aromatic rings. The number of pyridine rings is 1. The van der Waals surface area contributed by atoms with Crippen LogP contribution in [-0.4, -0.2) is 16.6 Å². The van der Waals surface area contributed by atoms with Crippen molar-refractivity contribution in [3.63, 3.8) is 0 Å². The van der Waals surface area contributed by atoms with Crippen LogP contribution in [0.4, 0.5) is 11.5 Å². The van der Waals surface area contributed by atoms with Crippen LogP contribution in [0.1, 0.15) is 11.7 Å². The maximum atomic E-state index is 10.0. The lowest BCUT2D eigenvalue weighted by Crippen LogP contribution is -2.12. The van der Waals surface area contributed by atoms with Gasteiger partial charge in [-0.25, -0.2) is 4.98 Å². The van der Waals surface area contributed by atoms with Crippen molar-refractivity contribution in [3.05, 3.63) is 52.7 Å². The third kappa shape index (κ3) is 2.74. The number of thiophene rings is 1. The van der Waals surface area contributed by atoms with Gasteiger partial charge < -0.3 is 16.2 Å². The lowest BCUT2D eigenvalue weighted by molar-refractivity contribution is 0.192. The van der Waals surface area contributed by atoms with E-state index >= 15 is 0 Å². The van der Waals surface area contributed by atoms with Gasteiger partial charge in [-0.1, -0.05) is 0 Å². The summed E-state index contributed by atoms with van der Waals surface area (Å²) in [4.78, 5) is 4.49. The minimum atomic E-state index is -0.523. The van der Waals surface area contributed by atoms with E-state index in [2.05, 4.69) is 10.3 Å². The van der Waals surface area contributed by atoms with Gasteiger partial charge in [0.1, 0.15) is 5.82 Å². The summed E-state index contributed by atoms with van der Waals surface area (Å²) in [5.41, 5.74) is 8.28. The summed E-state index contributed by atoms with van der Waals surface area (Å²) in [6, 6.07) is 11.4. The Labute approximate surface area is 120 Å². The van der Waals surface area contributed by atoms with Gasteiger partial charge in [-0.3, -0.25) is 0 Å². The first-order valence-corrected chi connectivity index (χ1v) is 7.27. The summed E-state index contributed by atoms with van der Waals surface area (Å²) in [6.07, 6.45) is -0.523. The zero-order chi connectivity index (χ0) is 13.9. The first-order chi connectivity index (χ1) is 9.72. The maximum Gasteiger partial charge on any atom is 0.126 e. The summed E-state index contributed by atoms with van der Waals surface area (Å²) >= 11 is 1.58. The van der Waals surface area contributed by atoms with Crippen molar-refractivity contribution >= 4 is 33.7 Å². The number of hydrogen-bond donors (Lipinski definition) is 3. The first-order valence-electron chi connectivity index (χ1n) is 6.33. The van der Waals surface area contributed by atoms with Crippen LogP contribution in [0.2, 0.25) is 0 Å². The molecule has 1 aromatic carbocycles. The molecule has 0 spiro atoms. The minimum Gasteiger partial charge on any atom is -0.399 e. The van der Waals surface area contributed by atoms with Crippen LogP contribution in [0.3, 0.4) is 0 Å². The van der Waals surface area contributed by atoms with Crippen LogP contribution in [0, 0.1) is 0 Å². The number of nitrogens with one attached hydrogen (secondary N) is 1. The van der Waals surface area contributed by atoms with Crippen molar-refractivity contribution < 1.29 is 5.11 Å². The van der Waals surface area contributed by atoms with Crippen molar-refractivity contribution in [1.29, 1.82) is 0 Å². The van der Waals surface area contributed by atoms with Crippen molar-refractivity contribution in [1.82, 2.24) is 4.98 Å². The SMILES string of the molecule is Nc1ccc2nc(NCC(O)c3ccsc3)ccc2c1. The van der Waals surface area contributed by atoms with Crippen molar-refractivity contribution in [2.75, 3.05) is 17.6 Å². The molecular weight excluding hydrogens is 270 g/mol. The molecule has 0 bridgehead atoms. The Bertz CT molecular complexity index is 712. The average Bonchev–Trinajstić information content (AvgIpc) is 2.99. The highest BCUT2D eigenvalue weighted by Crippen LogP contribution is 2.20. The summed E-state index contributed by atoms with van der Waals surface area (Å²) in [6.45, 7) is 0.435. The molecule has 0 saturated heterocycles. The number of nitrogens with two attached hydrogens (primary N) is 1. The van der Waals surface area contributed by atoms with E-state index < -0.39 is 6.10 Å². The number of hydrogen-bond acceptors (Lipinski definition) is 5. The molecule has 3 rings (SSSR count). The molecule has 0 fully saturated rings. The molecule has 0 radical (unpaired) electrons. The highest BCUT2D eigenvalue weighted by molar-refractivity contribution is 7.07. The summed E-state index contributed by atoms with van der Waals surface area (Å²) < 4.78 is 0. The molecule has 2 heterocycles. The molecule has 4 N–H and O–H groups in total. The molecular formula is C15H15N3OS. The lowest BCUT2D eigenvalue weighted by atomic mass is 10.2. The summed E-state index contributed by atoms with van der Waals surface area (Å²) in [5, 5.41) is 18.1. The molecule has 4 nitrogen and oxygen atoms in total. The van der Waals surface area contributed by atoms with E-state index in [4.69, 9.17) is 5.73 Å². The first kappa shape index (κ1) is 12.9. The van der Waals surface area contributed by atoms with E-state index in [1.807, 2.05) is 47.2 Å². The Kier molecular flexibility index (Phi) is 3.54. The second kappa shape index (κ2) is 5.48. The van der Waals surface area contributed by atoms with Crippen LogP contribution in [-0.2, 0) is 0 Å². The third-order valence-corrected chi connectivity index (χ3v) is 3.82. The quantitative estimate of drug-likeness (QED) is 0.644. The van der Waals surface area contributed by atoms with Gasteiger partial charge in [-0.2, -0.15) is 11.3 Å². The molecule has 1 atom stereocenters. The molecule has 2 aromatic heterocycles. The van der Waals surface area contributed by atoms with Crippen LogP contribution < -0.4 is 11.1 Å². The van der Waals surface area contributed by atoms with Gasteiger partial charge in [0.2, 0.25) is 0 Å². The second-order valence-electron chi connectivity index (χ2n) is 4.60. The van der Waals surface area contributed by atoms with Crippen LogP contribution in [0.25, 0.3) is 10.9 Å². The molecule has 5 heteroatoms. The molecule has 102 valence electrons. The normalized spacial score (nSPS) is 12.4. The van der Waals surface area contributed by atoms with Crippen LogP contribution in [0.15, 0.2) is 47.2 Å². The lowest BCUT2D eigenvalue weighted by Gasteiger charge is -2.11. The predicted octanol–water partition coefficient (Wildman–Crippen LogP) is 3.02. The zero-order valence-electron chi connectivity index (χ0n) is 10.8. The van der Waals surface area contributed by atoms with Gasteiger partial charge in [-0.05, 0) is 52.7 Å². The molecule has 0 aliphatic carbocycles. The third-order valence-electron chi connectivity index (χ3n) is 3.12. The Morgan fingerprint density at radius 1 is 1.25 bits per heavy atom. The number of anilines is 2. The van der Waals surface area contributed by atoms with E-state index in [1.54, 1.807) is 11.3 Å².